The van der Waals surface area contributed by atoms with Gasteiger partial charge in [-0.1, -0.05) is 66.2 Å². The molecule has 37 heavy (non-hydrogen) atoms. The average Bonchev–Trinajstić information content (AvgIpc) is 2.93. The van der Waals surface area contributed by atoms with Gasteiger partial charge in [-0.15, -0.1) is 0 Å². The van der Waals surface area contributed by atoms with E-state index >= 15 is 0 Å². The Morgan fingerprint density at radius 1 is 0.811 bits per heavy atom. The first-order valence-electron chi connectivity index (χ1n) is 11.9. The van der Waals surface area contributed by atoms with Crippen LogP contribution < -0.4 is 10.2 Å². The highest BCUT2D eigenvalue weighted by Gasteiger charge is 2.18. The van der Waals surface area contributed by atoms with Gasteiger partial charge in [0, 0.05) is 29.5 Å². The number of carbonyl (C=O) groups is 3. The molecule has 0 spiro atoms. The molecular weight excluding hydrogens is 464 g/mol. The molecule has 0 aliphatic carbocycles. The summed E-state index contributed by atoms with van der Waals surface area (Å²) in [4.78, 5) is 39.6. The number of hydrogen-bond acceptors (Lipinski definition) is 4. The summed E-state index contributed by atoms with van der Waals surface area (Å²) >= 11 is 0. The summed E-state index contributed by atoms with van der Waals surface area (Å²) in [5.41, 5.74) is 5.88. The molecule has 0 saturated heterocycles. The van der Waals surface area contributed by atoms with Gasteiger partial charge >= 0.3 is 5.97 Å². The van der Waals surface area contributed by atoms with Crippen molar-refractivity contribution in [2.75, 3.05) is 24.4 Å². The van der Waals surface area contributed by atoms with Gasteiger partial charge in [0.15, 0.2) is 0 Å². The van der Waals surface area contributed by atoms with Gasteiger partial charge in [0.05, 0.1) is 13.5 Å². The van der Waals surface area contributed by atoms with Crippen LogP contribution in [-0.4, -0.2) is 31.9 Å². The molecule has 6 heteroatoms. The summed E-state index contributed by atoms with van der Waals surface area (Å²) in [6.45, 7) is 2.02. The minimum absolute atomic E-state index is 0.0688. The number of hydrogen-bond donors (Lipinski definition) is 1. The normalized spacial score (nSPS) is 10.5. The SMILES string of the molecule is COC(=O)Cc1ccccc1N(C)C(=O)c1ccc(NC(=O)c2ccccc2-c2ccc(C)cc2)cc1. The molecule has 0 unspecified atom stereocenters. The Hall–Kier alpha value is -4.71. The number of nitrogens with zero attached hydrogens (tertiary/aromatic N) is 1. The third kappa shape index (κ3) is 5.93. The molecule has 2 amide bonds. The fourth-order valence-electron chi connectivity index (χ4n) is 4.08. The van der Waals surface area contributed by atoms with Crippen molar-refractivity contribution in [3.8, 4) is 11.1 Å². The van der Waals surface area contributed by atoms with Crippen LogP contribution in [0.5, 0.6) is 0 Å². The minimum atomic E-state index is -0.377. The first kappa shape index (κ1) is 25.4. The average molecular weight is 493 g/mol. The molecule has 1 N–H and O–H groups in total. The molecule has 4 rings (SSSR count). The number of methoxy groups -OCH3 is 1. The lowest BCUT2D eigenvalue weighted by Gasteiger charge is -2.20. The van der Waals surface area contributed by atoms with Gasteiger partial charge in [0.1, 0.15) is 0 Å². The zero-order chi connectivity index (χ0) is 26.4. The maximum absolute atomic E-state index is 13.2. The van der Waals surface area contributed by atoms with Gasteiger partial charge in [-0.05, 0) is 60.0 Å². The molecule has 0 aliphatic rings. The van der Waals surface area contributed by atoms with Crippen molar-refractivity contribution in [1.29, 1.82) is 0 Å². The summed E-state index contributed by atoms with van der Waals surface area (Å²) in [5, 5.41) is 2.93. The van der Waals surface area contributed by atoms with Crippen molar-refractivity contribution in [2.45, 2.75) is 13.3 Å². The number of ether oxygens (including phenoxy) is 1. The van der Waals surface area contributed by atoms with Crippen molar-refractivity contribution < 1.29 is 19.1 Å². The van der Waals surface area contributed by atoms with Crippen LogP contribution in [0.2, 0.25) is 0 Å². The Kier molecular flexibility index (Phi) is 7.79. The van der Waals surface area contributed by atoms with E-state index in [0.29, 0.717) is 28.1 Å². The van der Waals surface area contributed by atoms with E-state index in [1.807, 2.05) is 61.5 Å². The Balaban J connectivity index is 1.50. The molecule has 0 heterocycles. The predicted octanol–water partition coefficient (Wildman–Crippen LogP) is 5.91. The van der Waals surface area contributed by atoms with Gasteiger partial charge in [0.25, 0.3) is 11.8 Å². The van der Waals surface area contributed by atoms with E-state index in [4.69, 9.17) is 4.74 Å². The number of esters is 1. The number of para-hydroxylation sites is 1. The van der Waals surface area contributed by atoms with Crippen LogP contribution >= 0.6 is 0 Å². The summed E-state index contributed by atoms with van der Waals surface area (Å²) in [6, 6.07) is 29.5. The Bertz CT molecular complexity index is 1430. The van der Waals surface area contributed by atoms with Crippen molar-refractivity contribution in [3.05, 3.63) is 119 Å². The predicted molar refractivity (Wildman–Crippen MR) is 146 cm³/mol. The summed E-state index contributed by atoms with van der Waals surface area (Å²) in [6.07, 6.45) is 0.0688. The van der Waals surface area contributed by atoms with Crippen LogP contribution in [0, 0.1) is 6.92 Å². The summed E-state index contributed by atoms with van der Waals surface area (Å²) < 4.78 is 4.77. The molecule has 4 aromatic rings. The molecule has 0 aromatic heterocycles. The van der Waals surface area contributed by atoms with Crippen molar-refractivity contribution >= 4 is 29.2 Å². The highest BCUT2D eigenvalue weighted by atomic mass is 16.5. The van der Waals surface area contributed by atoms with Crippen molar-refractivity contribution in [3.63, 3.8) is 0 Å². The number of carbonyl (C=O) groups excluding carboxylic acids is 3. The van der Waals surface area contributed by atoms with Gasteiger partial charge in [0.2, 0.25) is 0 Å². The van der Waals surface area contributed by atoms with Gasteiger partial charge in [-0.3, -0.25) is 14.4 Å². The number of nitrogens with one attached hydrogen (secondary N) is 1. The van der Waals surface area contributed by atoms with Crippen LogP contribution in [0.15, 0.2) is 97.1 Å². The number of benzene rings is 4. The van der Waals surface area contributed by atoms with Crippen LogP contribution in [-0.2, 0) is 16.0 Å². The van der Waals surface area contributed by atoms with Gasteiger partial charge in [-0.2, -0.15) is 0 Å². The first-order chi connectivity index (χ1) is 17.9. The maximum Gasteiger partial charge on any atom is 0.310 e. The number of anilines is 2. The van der Waals surface area contributed by atoms with Gasteiger partial charge < -0.3 is 15.0 Å². The summed E-state index contributed by atoms with van der Waals surface area (Å²) in [5.74, 6) is -0.846. The highest BCUT2D eigenvalue weighted by molar-refractivity contribution is 6.09. The third-order valence-corrected chi connectivity index (χ3v) is 6.14. The van der Waals surface area contributed by atoms with Crippen LogP contribution in [0.3, 0.4) is 0 Å². The minimum Gasteiger partial charge on any atom is -0.469 e. The molecule has 4 aromatic carbocycles. The monoisotopic (exact) mass is 492 g/mol. The Morgan fingerprint density at radius 3 is 2.16 bits per heavy atom. The molecule has 0 radical (unpaired) electrons. The standard InChI is InChI=1S/C31H28N2O4/c1-21-12-14-22(15-13-21)26-9-5-6-10-27(26)30(35)32-25-18-16-23(17-19-25)31(36)33(2)28-11-7-4-8-24(28)20-29(34)37-3/h4-19H,20H2,1-3H3,(H,32,35). The first-order valence-corrected chi connectivity index (χ1v) is 11.9. The van der Waals surface area contributed by atoms with E-state index in [1.54, 1.807) is 49.5 Å². The van der Waals surface area contributed by atoms with E-state index in [9.17, 15) is 14.4 Å². The smallest absolute Gasteiger partial charge is 0.310 e. The van der Waals surface area contributed by atoms with Crippen LogP contribution in [0.25, 0.3) is 11.1 Å². The molecule has 0 atom stereocenters. The van der Waals surface area contributed by atoms with E-state index in [2.05, 4.69) is 5.32 Å². The topological polar surface area (TPSA) is 75.7 Å². The molecular formula is C31H28N2O4. The van der Waals surface area contributed by atoms with Crippen molar-refractivity contribution in [2.24, 2.45) is 0 Å². The van der Waals surface area contributed by atoms with Crippen LogP contribution in [0.1, 0.15) is 31.8 Å². The molecule has 0 saturated carbocycles. The van der Waals surface area contributed by atoms with E-state index in [-0.39, 0.29) is 24.2 Å². The molecule has 0 aliphatic heterocycles. The fraction of sp³-hybridized carbons (Fsp3) is 0.129. The lowest BCUT2D eigenvalue weighted by molar-refractivity contribution is -0.139. The van der Waals surface area contributed by atoms with E-state index < -0.39 is 0 Å². The third-order valence-electron chi connectivity index (χ3n) is 6.14. The zero-order valence-corrected chi connectivity index (χ0v) is 21.0. The van der Waals surface area contributed by atoms with E-state index in [0.717, 1.165) is 16.7 Å². The largest absolute Gasteiger partial charge is 0.469 e. The molecule has 0 bridgehead atoms. The lowest BCUT2D eigenvalue weighted by Crippen LogP contribution is -2.27. The van der Waals surface area contributed by atoms with Crippen LogP contribution in [0.4, 0.5) is 11.4 Å². The van der Waals surface area contributed by atoms with Crippen molar-refractivity contribution in [1.82, 2.24) is 0 Å². The summed E-state index contributed by atoms with van der Waals surface area (Å²) in [7, 11) is 3.00. The number of rotatable bonds is 7. The lowest BCUT2D eigenvalue weighted by atomic mass is 9.98. The maximum atomic E-state index is 13.2. The second kappa shape index (κ2) is 11.4. The zero-order valence-electron chi connectivity index (χ0n) is 21.0. The molecule has 0 fully saturated rings. The number of amides is 2. The highest BCUT2D eigenvalue weighted by Crippen LogP contribution is 2.26. The Labute approximate surface area is 216 Å². The Morgan fingerprint density at radius 2 is 1.46 bits per heavy atom. The van der Waals surface area contributed by atoms with Gasteiger partial charge in [-0.25, -0.2) is 0 Å². The quantitative estimate of drug-likeness (QED) is 0.326. The second-order valence-corrected chi connectivity index (χ2v) is 8.69. The fourth-order valence-corrected chi connectivity index (χ4v) is 4.08. The second-order valence-electron chi connectivity index (χ2n) is 8.69. The number of aryl methyl sites for hydroxylation is 1. The molecule has 6 nitrogen and oxygen atoms in total. The molecule has 186 valence electrons. The van der Waals surface area contributed by atoms with E-state index in [1.165, 1.54) is 12.0 Å².